The molecule has 2 aromatic carbocycles. The van der Waals surface area contributed by atoms with Crippen LogP contribution in [0, 0.1) is 11.6 Å². The van der Waals surface area contributed by atoms with Gasteiger partial charge in [-0.05, 0) is 24.7 Å². The van der Waals surface area contributed by atoms with E-state index in [0.717, 1.165) is 24.2 Å². The van der Waals surface area contributed by atoms with Crippen molar-refractivity contribution in [1.29, 1.82) is 0 Å². The van der Waals surface area contributed by atoms with Gasteiger partial charge in [0.05, 0.1) is 5.69 Å². The predicted octanol–water partition coefficient (Wildman–Crippen LogP) is 3.43. The minimum Gasteiger partial charge on any atom is -0.324 e. The van der Waals surface area contributed by atoms with Crippen molar-refractivity contribution in [1.82, 2.24) is 4.90 Å². The van der Waals surface area contributed by atoms with E-state index in [1.165, 1.54) is 6.07 Å². The zero-order valence-corrected chi connectivity index (χ0v) is 12.4. The summed E-state index contributed by atoms with van der Waals surface area (Å²) in [5.41, 5.74) is 1.16. The molecule has 3 nitrogen and oxygen atoms in total. The molecule has 0 atom stereocenters. The van der Waals surface area contributed by atoms with Gasteiger partial charge in [0.15, 0.2) is 0 Å². The molecule has 0 aliphatic carbocycles. The van der Waals surface area contributed by atoms with Crippen molar-refractivity contribution in [3.05, 3.63) is 65.7 Å². The Bertz CT molecular complexity index is 632. The Labute approximate surface area is 128 Å². The fraction of sp³-hybridized carbons (Fsp3) is 0.235. The third-order valence-electron chi connectivity index (χ3n) is 3.22. The van der Waals surface area contributed by atoms with Crippen LogP contribution in [0.15, 0.2) is 48.5 Å². The van der Waals surface area contributed by atoms with Crippen LogP contribution in [-0.2, 0) is 11.3 Å². The summed E-state index contributed by atoms with van der Waals surface area (Å²) in [6.07, 6.45) is 0.236. The van der Waals surface area contributed by atoms with Crippen molar-refractivity contribution in [3.8, 4) is 0 Å². The molecule has 0 bridgehead atoms. The molecule has 2 aromatic rings. The van der Waals surface area contributed by atoms with Gasteiger partial charge in [0.25, 0.3) is 0 Å². The average Bonchev–Trinajstić information content (AvgIpc) is 2.49. The third kappa shape index (κ3) is 4.93. The number of hydrogen-bond acceptors (Lipinski definition) is 2. The highest BCUT2D eigenvalue weighted by Gasteiger charge is 2.09. The molecule has 2 rings (SSSR count). The normalized spacial score (nSPS) is 10.7. The summed E-state index contributed by atoms with van der Waals surface area (Å²) in [6, 6.07) is 13.0. The first-order valence-corrected chi connectivity index (χ1v) is 7.02. The molecule has 0 aliphatic rings. The van der Waals surface area contributed by atoms with Crippen molar-refractivity contribution in [3.63, 3.8) is 0 Å². The predicted molar refractivity (Wildman–Crippen MR) is 82.4 cm³/mol. The van der Waals surface area contributed by atoms with Gasteiger partial charge in [-0.15, -0.1) is 0 Å². The second kappa shape index (κ2) is 7.66. The van der Waals surface area contributed by atoms with E-state index < -0.39 is 11.6 Å². The first-order valence-electron chi connectivity index (χ1n) is 7.02. The summed E-state index contributed by atoms with van der Waals surface area (Å²) in [7, 11) is 1.92. The van der Waals surface area contributed by atoms with Crippen LogP contribution >= 0.6 is 0 Å². The summed E-state index contributed by atoms with van der Waals surface area (Å²) in [6.45, 7) is 1.28. The van der Waals surface area contributed by atoms with Crippen LogP contribution in [0.25, 0.3) is 0 Å². The summed E-state index contributed by atoms with van der Waals surface area (Å²) >= 11 is 0. The molecule has 0 fully saturated rings. The molecular weight excluding hydrogens is 286 g/mol. The number of anilines is 1. The number of carbonyl (C=O) groups excluding carboxylic acids is 1. The first-order chi connectivity index (χ1) is 10.5. The van der Waals surface area contributed by atoms with Crippen molar-refractivity contribution in [2.24, 2.45) is 0 Å². The highest BCUT2D eigenvalue weighted by molar-refractivity contribution is 5.90. The van der Waals surface area contributed by atoms with Crippen molar-refractivity contribution in [2.75, 3.05) is 18.9 Å². The molecule has 0 spiro atoms. The Hall–Kier alpha value is -2.27. The zero-order valence-electron chi connectivity index (χ0n) is 12.4. The Morgan fingerprint density at radius 3 is 2.55 bits per heavy atom. The molecular formula is C17H18F2N2O. The Kier molecular flexibility index (Phi) is 5.61. The van der Waals surface area contributed by atoms with Gasteiger partial charge in [-0.1, -0.05) is 30.3 Å². The fourth-order valence-electron chi connectivity index (χ4n) is 2.07. The standard InChI is InChI=1S/C17H18F2N2O/c1-21(12-13-5-3-2-4-6-13)10-9-17(22)20-16-8-7-14(18)11-15(16)19/h2-8,11H,9-10,12H2,1H3,(H,20,22). The smallest absolute Gasteiger partial charge is 0.225 e. The summed E-state index contributed by atoms with van der Waals surface area (Å²) < 4.78 is 26.2. The molecule has 0 saturated carbocycles. The highest BCUT2D eigenvalue weighted by Crippen LogP contribution is 2.15. The lowest BCUT2D eigenvalue weighted by molar-refractivity contribution is -0.116. The van der Waals surface area contributed by atoms with E-state index in [-0.39, 0.29) is 18.0 Å². The van der Waals surface area contributed by atoms with Crippen LogP contribution in [0.4, 0.5) is 14.5 Å². The van der Waals surface area contributed by atoms with Gasteiger partial charge >= 0.3 is 0 Å². The molecule has 116 valence electrons. The van der Waals surface area contributed by atoms with Crippen LogP contribution < -0.4 is 5.32 Å². The van der Waals surface area contributed by atoms with Crippen LogP contribution in [0.5, 0.6) is 0 Å². The summed E-state index contributed by atoms with van der Waals surface area (Å²) in [4.78, 5) is 13.8. The van der Waals surface area contributed by atoms with Crippen molar-refractivity contribution >= 4 is 11.6 Å². The number of benzene rings is 2. The zero-order chi connectivity index (χ0) is 15.9. The van der Waals surface area contributed by atoms with Gasteiger partial charge in [-0.2, -0.15) is 0 Å². The van der Waals surface area contributed by atoms with Crippen LogP contribution in [0.2, 0.25) is 0 Å². The number of carbonyl (C=O) groups is 1. The van der Waals surface area contributed by atoms with Gasteiger partial charge in [-0.25, -0.2) is 8.78 Å². The molecule has 0 heterocycles. The van der Waals surface area contributed by atoms with Crippen molar-refractivity contribution in [2.45, 2.75) is 13.0 Å². The average molecular weight is 304 g/mol. The quantitative estimate of drug-likeness (QED) is 0.887. The van der Waals surface area contributed by atoms with Gasteiger partial charge < -0.3 is 10.2 Å². The molecule has 0 radical (unpaired) electrons. The highest BCUT2D eigenvalue weighted by atomic mass is 19.1. The largest absolute Gasteiger partial charge is 0.324 e. The topological polar surface area (TPSA) is 32.3 Å². The van der Waals surface area contributed by atoms with E-state index in [1.54, 1.807) is 0 Å². The number of amides is 1. The van der Waals surface area contributed by atoms with Crippen molar-refractivity contribution < 1.29 is 13.6 Å². The molecule has 22 heavy (non-hydrogen) atoms. The Morgan fingerprint density at radius 1 is 1.14 bits per heavy atom. The number of halogens is 2. The third-order valence-corrected chi connectivity index (χ3v) is 3.22. The van der Waals surface area contributed by atoms with E-state index >= 15 is 0 Å². The van der Waals surface area contributed by atoms with Crippen LogP contribution in [-0.4, -0.2) is 24.4 Å². The van der Waals surface area contributed by atoms with Gasteiger partial charge in [0.1, 0.15) is 11.6 Å². The Balaban J connectivity index is 1.80. The molecule has 5 heteroatoms. The summed E-state index contributed by atoms with van der Waals surface area (Å²) in [5.74, 6) is -1.74. The molecule has 0 aromatic heterocycles. The van der Waals surface area contributed by atoms with Gasteiger partial charge in [-0.3, -0.25) is 4.79 Å². The fourth-order valence-corrected chi connectivity index (χ4v) is 2.07. The molecule has 1 amide bonds. The maximum atomic E-state index is 13.4. The maximum Gasteiger partial charge on any atom is 0.225 e. The summed E-state index contributed by atoms with van der Waals surface area (Å²) in [5, 5.41) is 2.45. The minimum atomic E-state index is -0.772. The number of hydrogen-bond donors (Lipinski definition) is 1. The molecule has 0 aliphatic heterocycles. The number of rotatable bonds is 6. The lowest BCUT2D eigenvalue weighted by Gasteiger charge is -2.16. The maximum absolute atomic E-state index is 13.4. The van der Waals surface area contributed by atoms with E-state index in [1.807, 2.05) is 42.3 Å². The van der Waals surface area contributed by atoms with Gasteiger partial charge in [0, 0.05) is 25.6 Å². The van der Waals surface area contributed by atoms with E-state index in [9.17, 15) is 13.6 Å². The molecule has 0 unspecified atom stereocenters. The SMILES string of the molecule is CN(CCC(=O)Nc1ccc(F)cc1F)Cc1ccccc1. The van der Waals surface area contributed by atoms with E-state index in [0.29, 0.717) is 6.54 Å². The van der Waals surface area contributed by atoms with Crippen LogP contribution in [0.1, 0.15) is 12.0 Å². The lowest BCUT2D eigenvalue weighted by atomic mass is 10.2. The lowest BCUT2D eigenvalue weighted by Crippen LogP contribution is -2.24. The Morgan fingerprint density at radius 2 is 1.86 bits per heavy atom. The number of nitrogens with one attached hydrogen (secondary N) is 1. The van der Waals surface area contributed by atoms with Gasteiger partial charge in [0.2, 0.25) is 5.91 Å². The molecule has 1 N–H and O–H groups in total. The monoisotopic (exact) mass is 304 g/mol. The second-order valence-electron chi connectivity index (χ2n) is 5.15. The first kappa shape index (κ1) is 16.1. The van der Waals surface area contributed by atoms with E-state index in [4.69, 9.17) is 0 Å². The minimum absolute atomic E-state index is 0.00267. The second-order valence-corrected chi connectivity index (χ2v) is 5.15. The van der Waals surface area contributed by atoms with Crippen LogP contribution in [0.3, 0.4) is 0 Å². The number of nitrogens with zero attached hydrogens (tertiary/aromatic N) is 1. The van der Waals surface area contributed by atoms with E-state index in [2.05, 4.69) is 5.32 Å². The molecule has 0 saturated heterocycles.